The monoisotopic (exact) mass is 345 g/mol. The number of rotatable bonds is 1. The summed E-state index contributed by atoms with van der Waals surface area (Å²) in [5, 5.41) is 3.37. The maximum absolute atomic E-state index is 13.6. The molecule has 1 aliphatic rings. The summed E-state index contributed by atoms with van der Waals surface area (Å²) in [6.07, 6.45) is 1.06. The van der Waals surface area contributed by atoms with Crippen LogP contribution in [0.3, 0.4) is 0 Å². The minimum Gasteiger partial charge on any atom is -0.338 e. The van der Waals surface area contributed by atoms with E-state index in [4.69, 9.17) is 0 Å². The lowest BCUT2D eigenvalue weighted by Crippen LogP contribution is -2.23. The summed E-state index contributed by atoms with van der Waals surface area (Å²) in [6, 6.07) is 9.56. The fraction of sp³-hybridized carbons (Fsp3) is 0.188. The third kappa shape index (κ3) is 2.26. The molecule has 1 aliphatic heterocycles. The number of aromatic nitrogens is 2. The first-order chi connectivity index (χ1) is 10.2. The molecule has 1 aromatic heterocycles. The lowest BCUT2D eigenvalue weighted by molar-refractivity contribution is 0.623. The van der Waals surface area contributed by atoms with Crippen molar-refractivity contribution in [3.8, 4) is 11.4 Å². The molecule has 3 aromatic rings. The standard InChI is InChI=1S/C16H13BrFN3/c17-12-6-14-15(7-13(12)18)21-16(20-14)10-2-1-9-3-4-19-8-11(9)5-10/h1-2,5-7,19H,3-4,8H2,(H,20,21). The van der Waals surface area contributed by atoms with Gasteiger partial charge >= 0.3 is 0 Å². The number of nitrogens with zero attached hydrogens (tertiary/aromatic N) is 1. The van der Waals surface area contributed by atoms with E-state index in [9.17, 15) is 4.39 Å². The SMILES string of the molecule is Fc1cc2[nH]c(-c3ccc4c(c3)CNCC4)nc2cc1Br. The summed E-state index contributed by atoms with van der Waals surface area (Å²) in [6.45, 7) is 1.92. The van der Waals surface area contributed by atoms with Crippen LogP contribution in [-0.2, 0) is 13.0 Å². The maximum Gasteiger partial charge on any atom is 0.139 e. The Kier molecular flexibility index (Phi) is 3.05. The van der Waals surface area contributed by atoms with Gasteiger partial charge < -0.3 is 10.3 Å². The van der Waals surface area contributed by atoms with Gasteiger partial charge in [-0.3, -0.25) is 0 Å². The number of fused-ring (bicyclic) bond motifs is 2. The van der Waals surface area contributed by atoms with Crippen molar-refractivity contribution < 1.29 is 4.39 Å². The molecule has 5 heteroatoms. The van der Waals surface area contributed by atoms with Gasteiger partial charge in [0, 0.05) is 18.2 Å². The second-order valence-electron chi connectivity index (χ2n) is 5.28. The second-order valence-corrected chi connectivity index (χ2v) is 6.13. The van der Waals surface area contributed by atoms with Gasteiger partial charge in [0.2, 0.25) is 0 Å². The van der Waals surface area contributed by atoms with Crippen LogP contribution in [-0.4, -0.2) is 16.5 Å². The van der Waals surface area contributed by atoms with E-state index in [1.807, 2.05) is 0 Å². The normalized spacial score (nSPS) is 14.4. The van der Waals surface area contributed by atoms with Gasteiger partial charge in [-0.25, -0.2) is 9.37 Å². The number of aromatic amines is 1. The lowest BCUT2D eigenvalue weighted by Gasteiger charge is -2.17. The van der Waals surface area contributed by atoms with Crippen molar-refractivity contribution in [3.63, 3.8) is 0 Å². The van der Waals surface area contributed by atoms with E-state index in [0.717, 1.165) is 36.4 Å². The molecule has 4 rings (SSSR count). The molecule has 0 fully saturated rings. The fourth-order valence-corrected chi connectivity index (χ4v) is 3.10. The van der Waals surface area contributed by atoms with Crippen molar-refractivity contribution in [1.29, 1.82) is 0 Å². The Balaban J connectivity index is 1.82. The van der Waals surface area contributed by atoms with Crippen molar-refractivity contribution in [1.82, 2.24) is 15.3 Å². The molecule has 2 aromatic carbocycles. The van der Waals surface area contributed by atoms with E-state index < -0.39 is 0 Å². The van der Waals surface area contributed by atoms with Crippen LogP contribution in [0.5, 0.6) is 0 Å². The van der Waals surface area contributed by atoms with E-state index in [1.165, 1.54) is 17.2 Å². The molecule has 0 atom stereocenters. The van der Waals surface area contributed by atoms with E-state index >= 15 is 0 Å². The largest absolute Gasteiger partial charge is 0.338 e. The lowest BCUT2D eigenvalue weighted by atomic mass is 9.98. The van der Waals surface area contributed by atoms with Crippen molar-refractivity contribution in [2.24, 2.45) is 0 Å². The Morgan fingerprint density at radius 1 is 1.14 bits per heavy atom. The van der Waals surface area contributed by atoms with Crippen LogP contribution in [0.2, 0.25) is 0 Å². The zero-order valence-corrected chi connectivity index (χ0v) is 12.8. The van der Waals surface area contributed by atoms with Crippen molar-refractivity contribution in [2.75, 3.05) is 6.54 Å². The molecule has 0 radical (unpaired) electrons. The molecule has 0 amide bonds. The van der Waals surface area contributed by atoms with Crippen LogP contribution in [0.15, 0.2) is 34.8 Å². The molecular weight excluding hydrogens is 333 g/mol. The van der Waals surface area contributed by atoms with E-state index in [-0.39, 0.29) is 5.82 Å². The third-order valence-corrected chi connectivity index (χ3v) is 4.50. The Morgan fingerprint density at radius 2 is 2.05 bits per heavy atom. The molecule has 106 valence electrons. The highest BCUT2D eigenvalue weighted by Crippen LogP contribution is 2.27. The number of imidazole rings is 1. The smallest absolute Gasteiger partial charge is 0.139 e. The van der Waals surface area contributed by atoms with Gasteiger partial charge in [-0.05, 0) is 52.2 Å². The van der Waals surface area contributed by atoms with Gasteiger partial charge in [0.15, 0.2) is 0 Å². The maximum atomic E-state index is 13.6. The average Bonchev–Trinajstić information content (AvgIpc) is 2.90. The number of H-pyrrole nitrogens is 1. The van der Waals surface area contributed by atoms with Crippen LogP contribution in [0.1, 0.15) is 11.1 Å². The molecule has 0 saturated heterocycles. The average molecular weight is 346 g/mol. The van der Waals surface area contributed by atoms with Crippen LogP contribution >= 0.6 is 15.9 Å². The van der Waals surface area contributed by atoms with Gasteiger partial charge in [0.25, 0.3) is 0 Å². The highest BCUT2D eigenvalue weighted by Gasteiger charge is 2.12. The molecular formula is C16H13BrFN3. The number of hydrogen-bond acceptors (Lipinski definition) is 2. The number of halogens is 2. The summed E-state index contributed by atoms with van der Waals surface area (Å²) in [7, 11) is 0. The Bertz CT molecular complexity index is 802. The molecule has 0 bridgehead atoms. The van der Waals surface area contributed by atoms with Gasteiger partial charge in [0.05, 0.1) is 15.5 Å². The van der Waals surface area contributed by atoms with Gasteiger partial charge in [-0.15, -0.1) is 0 Å². The molecule has 0 saturated carbocycles. The van der Waals surface area contributed by atoms with E-state index in [0.29, 0.717) is 9.99 Å². The number of benzene rings is 2. The highest BCUT2D eigenvalue weighted by atomic mass is 79.9. The predicted molar refractivity (Wildman–Crippen MR) is 84.6 cm³/mol. The first kappa shape index (κ1) is 13.0. The molecule has 0 unspecified atom stereocenters. The summed E-state index contributed by atoms with van der Waals surface area (Å²) < 4.78 is 14.0. The van der Waals surface area contributed by atoms with Crippen LogP contribution < -0.4 is 5.32 Å². The molecule has 2 heterocycles. The van der Waals surface area contributed by atoms with Crippen molar-refractivity contribution in [2.45, 2.75) is 13.0 Å². The van der Waals surface area contributed by atoms with Gasteiger partial charge in [-0.1, -0.05) is 12.1 Å². The second kappa shape index (κ2) is 4.93. The first-order valence-electron chi connectivity index (χ1n) is 6.88. The Hall–Kier alpha value is -1.72. The third-order valence-electron chi connectivity index (χ3n) is 3.89. The Labute approximate surface area is 129 Å². The van der Waals surface area contributed by atoms with Crippen LogP contribution in [0, 0.1) is 5.82 Å². The highest BCUT2D eigenvalue weighted by molar-refractivity contribution is 9.10. The fourth-order valence-electron chi connectivity index (χ4n) is 2.77. The quantitative estimate of drug-likeness (QED) is 0.704. The number of hydrogen-bond donors (Lipinski definition) is 2. The molecule has 21 heavy (non-hydrogen) atoms. The van der Waals surface area contributed by atoms with E-state index in [2.05, 4.69) is 49.4 Å². The topological polar surface area (TPSA) is 40.7 Å². The zero-order valence-electron chi connectivity index (χ0n) is 11.2. The van der Waals surface area contributed by atoms with Gasteiger partial charge in [0.1, 0.15) is 11.6 Å². The zero-order chi connectivity index (χ0) is 14.4. The minimum atomic E-state index is -0.285. The summed E-state index contributed by atoms with van der Waals surface area (Å²) >= 11 is 3.19. The van der Waals surface area contributed by atoms with Crippen molar-refractivity contribution >= 4 is 27.0 Å². The molecule has 2 N–H and O–H groups in total. The Morgan fingerprint density at radius 3 is 2.95 bits per heavy atom. The predicted octanol–water partition coefficient (Wildman–Crippen LogP) is 3.78. The summed E-state index contributed by atoms with van der Waals surface area (Å²) in [5.74, 6) is 0.489. The number of nitrogens with one attached hydrogen (secondary N) is 2. The summed E-state index contributed by atoms with van der Waals surface area (Å²) in [5.41, 5.74) is 5.20. The molecule has 0 spiro atoms. The van der Waals surface area contributed by atoms with Crippen LogP contribution in [0.4, 0.5) is 4.39 Å². The van der Waals surface area contributed by atoms with Crippen molar-refractivity contribution in [3.05, 3.63) is 51.7 Å². The van der Waals surface area contributed by atoms with E-state index in [1.54, 1.807) is 6.07 Å². The van der Waals surface area contributed by atoms with Crippen LogP contribution in [0.25, 0.3) is 22.4 Å². The minimum absolute atomic E-state index is 0.285. The first-order valence-corrected chi connectivity index (χ1v) is 7.68. The van der Waals surface area contributed by atoms with Gasteiger partial charge in [-0.2, -0.15) is 0 Å². The molecule has 3 nitrogen and oxygen atoms in total. The summed E-state index contributed by atoms with van der Waals surface area (Å²) in [4.78, 5) is 7.76. The molecule has 0 aliphatic carbocycles.